The fraction of sp³-hybridized carbons (Fsp3) is 0. The van der Waals surface area contributed by atoms with Gasteiger partial charge in [-0.2, -0.15) is 24.7 Å². The van der Waals surface area contributed by atoms with Gasteiger partial charge in [-0.15, -0.1) is 10.2 Å². The molecular weight excluding hydrogens is 296 g/mol. The van der Waals surface area contributed by atoms with Crippen molar-refractivity contribution in [2.45, 2.75) is 9.50 Å². The molecule has 0 unspecified atom stereocenters. The van der Waals surface area contributed by atoms with Crippen molar-refractivity contribution in [3.8, 4) is 5.95 Å². The van der Waals surface area contributed by atoms with Crippen LogP contribution in [0.1, 0.15) is 0 Å². The first-order chi connectivity index (χ1) is 8.81. The van der Waals surface area contributed by atoms with Crippen LogP contribution in [0.5, 0.6) is 0 Å². The van der Waals surface area contributed by atoms with Gasteiger partial charge in [0.05, 0.1) is 0 Å². The van der Waals surface area contributed by atoms with Gasteiger partial charge in [0.15, 0.2) is 4.34 Å². The van der Waals surface area contributed by atoms with Gasteiger partial charge in [-0.05, 0) is 23.4 Å². The van der Waals surface area contributed by atoms with Crippen LogP contribution in [0.15, 0.2) is 27.7 Å². The molecule has 0 amide bonds. The summed E-state index contributed by atoms with van der Waals surface area (Å²) >= 11 is 8.48. The standard InChI is InChI=1S/C7H3ClN8S2/c8-4-12-5(16-2-9-1-11-16)14-6(13-4)18-7-15-10-3-17-7/h1-3H. The summed E-state index contributed by atoms with van der Waals surface area (Å²) in [5.41, 5.74) is 1.63. The number of aromatic nitrogens is 8. The Bertz CT molecular complexity index is 640. The van der Waals surface area contributed by atoms with E-state index in [1.165, 1.54) is 40.4 Å². The molecule has 0 radical (unpaired) electrons. The van der Waals surface area contributed by atoms with Gasteiger partial charge in [0.2, 0.25) is 10.4 Å². The normalized spacial score (nSPS) is 10.7. The smallest absolute Gasteiger partial charge is 0.223 e. The minimum atomic E-state index is 0.0857. The molecule has 0 spiro atoms. The van der Waals surface area contributed by atoms with Crippen LogP contribution >= 0.6 is 34.7 Å². The van der Waals surface area contributed by atoms with E-state index in [0.29, 0.717) is 11.1 Å². The summed E-state index contributed by atoms with van der Waals surface area (Å²) in [6.45, 7) is 0. The SMILES string of the molecule is Clc1nc(Sc2nncs2)nc(-n2cncn2)n1. The topological polar surface area (TPSA) is 95.2 Å². The zero-order valence-electron chi connectivity index (χ0n) is 8.50. The van der Waals surface area contributed by atoms with E-state index in [-0.39, 0.29) is 5.28 Å². The average molecular weight is 299 g/mol. The minimum Gasteiger partial charge on any atom is -0.223 e. The number of halogens is 1. The third-order valence-corrected chi connectivity index (χ3v) is 3.53. The van der Waals surface area contributed by atoms with Crippen LogP contribution in [0.3, 0.4) is 0 Å². The van der Waals surface area contributed by atoms with Crippen molar-refractivity contribution in [3.05, 3.63) is 23.4 Å². The second kappa shape index (κ2) is 4.92. The molecule has 3 rings (SSSR count). The summed E-state index contributed by atoms with van der Waals surface area (Å²) in [5, 5.41) is 12.1. The quantitative estimate of drug-likeness (QED) is 0.709. The van der Waals surface area contributed by atoms with E-state index < -0.39 is 0 Å². The van der Waals surface area contributed by atoms with Crippen molar-refractivity contribution in [2.24, 2.45) is 0 Å². The van der Waals surface area contributed by atoms with E-state index in [1.807, 2.05) is 0 Å². The van der Waals surface area contributed by atoms with E-state index in [2.05, 4.69) is 35.2 Å². The number of rotatable bonds is 3. The molecule has 18 heavy (non-hydrogen) atoms. The molecule has 3 heterocycles. The first-order valence-electron chi connectivity index (χ1n) is 4.52. The van der Waals surface area contributed by atoms with Crippen molar-refractivity contribution in [1.29, 1.82) is 0 Å². The molecule has 0 N–H and O–H groups in total. The van der Waals surface area contributed by atoms with E-state index in [0.717, 1.165) is 4.34 Å². The predicted octanol–water partition coefficient (Wildman–Crippen LogP) is 1.11. The molecule has 8 nitrogen and oxygen atoms in total. The second-order valence-corrected chi connectivity index (χ2v) is 5.22. The molecule has 0 aliphatic heterocycles. The van der Waals surface area contributed by atoms with E-state index >= 15 is 0 Å². The minimum absolute atomic E-state index is 0.0857. The molecule has 0 saturated heterocycles. The monoisotopic (exact) mass is 298 g/mol. The van der Waals surface area contributed by atoms with E-state index in [9.17, 15) is 0 Å². The predicted molar refractivity (Wildman–Crippen MR) is 63.8 cm³/mol. The van der Waals surface area contributed by atoms with Crippen molar-refractivity contribution in [3.63, 3.8) is 0 Å². The molecule has 0 atom stereocenters. The molecule has 0 aliphatic rings. The number of hydrogen-bond donors (Lipinski definition) is 0. The number of nitrogens with zero attached hydrogens (tertiary/aromatic N) is 8. The Kier molecular flexibility index (Phi) is 3.13. The molecule has 0 aromatic carbocycles. The molecule has 0 aliphatic carbocycles. The highest BCUT2D eigenvalue weighted by Crippen LogP contribution is 2.26. The summed E-state index contributed by atoms with van der Waals surface area (Å²) in [6, 6.07) is 0. The van der Waals surface area contributed by atoms with Crippen LogP contribution in [0.4, 0.5) is 0 Å². The summed E-state index contributed by atoms with van der Waals surface area (Å²) in [7, 11) is 0. The fourth-order valence-corrected chi connectivity index (χ4v) is 2.60. The van der Waals surface area contributed by atoms with Gasteiger partial charge in [0.25, 0.3) is 5.95 Å². The molecule has 11 heteroatoms. The van der Waals surface area contributed by atoms with E-state index in [4.69, 9.17) is 11.6 Å². The largest absolute Gasteiger partial charge is 0.257 e. The van der Waals surface area contributed by atoms with Crippen LogP contribution in [0.25, 0.3) is 5.95 Å². The van der Waals surface area contributed by atoms with Crippen LogP contribution < -0.4 is 0 Å². The first-order valence-corrected chi connectivity index (χ1v) is 6.59. The maximum atomic E-state index is 5.84. The second-order valence-electron chi connectivity index (χ2n) is 2.83. The van der Waals surface area contributed by atoms with Crippen LogP contribution in [-0.2, 0) is 0 Å². The molecular formula is C7H3ClN8S2. The van der Waals surface area contributed by atoms with Gasteiger partial charge in [0.1, 0.15) is 18.2 Å². The van der Waals surface area contributed by atoms with Gasteiger partial charge >= 0.3 is 0 Å². The Labute approximate surface area is 114 Å². The highest BCUT2D eigenvalue weighted by Gasteiger charge is 2.10. The summed E-state index contributed by atoms with van der Waals surface area (Å²) in [6.07, 6.45) is 2.86. The molecule has 3 aromatic rings. The summed E-state index contributed by atoms with van der Waals surface area (Å²) < 4.78 is 2.12. The van der Waals surface area contributed by atoms with E-state index in [1.54, 1.807) is 5.51 Å². The highest BCUT2D eigenvalue weighted by atomic mass is 35.5. The third-order valence-electron chi connectivity index (χ3n) is 1.72. The third kappa shape index (κ3) is 2.44. The first kappa shape index (κ1) is 11.4. The summed E-state index contributed by atoms with van der Waals surface area (Å²) in [5.74, 6) is 0.305. The van der Waals surface area contributed by atoms with Gasteiger partial charge in [-0.1, -0.05) is 11.3 Å². The van der Waals surface area contributed by atoms with Gasteiger partial charge < -0.3 is 0 Å². The Balaban J connectivity index is 1.96. The summed E-state index contributed by atoms with van der Waals surface area (Å²) in [4.78, 5) is 16.0. The lowest BCUT2D eigenvalue weighted by Gasteiger charge is -2.01. The lowest BCUT2D eigenvalue weighted by atomic mass is 10.9. The Morgan fingerprint density at radius 3 is 2.94 bits per heavy atom. The molecule has 0 bridgehead atoms. The molecule has 90 valence electrons. The van der Waals surface area contributed by atoms with Crippen molar-refractivity contribution >= 4 is 34.7 Å². The zero-order chi connectivity index (χ0) is 12.4. The maximum absolute atomic E-state index is 5.84. The number of hydrogen-bond acceptors (Lipinski definition) is 9. The maximum Gasteiger partial charge on any atom is 0.257 e. The lowest BCUT2D eigenvalue weighted by molar-refractivity contribution is 0.757. The molecule has 0 fully saturated rings. The van der Waals surface area contributed by atoms with Crippen molar-refractivity contribution in [1.82, 2.24) is 39.9 Å². The van der Waals surface area contributed by atoms with Crippen LogP contribution in [0.2, 0.25) is 5.28 Å². The molecule has 0 saturated carbocycles. The van der Waals surface area contributed by atoms with Crippen molar-refractivity contribution < 1.29 is 0 Å². The van der Waals surface area contributed by atoms with Gasteiger partial charge in [-0.25, -0.2) is 4.98 Å². The van der Waals surface area contributed by atoms with Crippen molar-refractivity contribution in [2.75, 3.05) is 0 Å². The highest BCUT2D eigenvalue weighted by molar-refractivity contribution is 8.00. The van der Waals surface area contributed by atoms with Crippen LogP contribution in [-0.4, -0.2) is 39.9 Å². The molecule has 3 aromatic heterocycles. The Hall–Kier alpha value is -1.65. The average Bonchev–Trinajstić information content (AvgIpc) is 3.00. The Morgan fingerprint density at radius 2 is 2.22 bits per heavy atom. The fourth-order valence-electron chi connectivity index (χ4n) is 1.07. The lowest BCUT2D eigenvalue weighted by Crippen LogP contribution is -2.04. The Morgan fingerprint density at radius 1 is 1.28 bits per heavy atom. The van der Waals surface area contributed by atoms with Crippen LogP contribution in [0, 0.1) is 0 Å². The zero-order valence-corrected chi connectivity index (χ0v) is 10.9. The van der Waals surface area contributed by atoms with Gasteiger partial charge in [-0.3, -0.25) is 0 Å². The van der Waals surface area contributed by atoms with Gasteiger partial charge in [0, 0.05) is 0 Å².